The molecule has 2 aromatic rings. The molecule has 0 atom stereocenters. The summed E-state index contributed by atoms with van der Waals surface area (Å²) in [6, 6.07) is 7.80. The molecule has 208 valence electrons. The Balaban J connectivity index is 0.000000635. The van der Waals surface area contributed by atoms with E-state index in [1.807, 2.05) is 7.05 Å². The predicted molar refractivity (Wildman–Crippen MR) is 136 cm³/mol. The lowest BCUT2D eigenvalue weighted by Crippen LogP contribution is -2.32. The highest BCUT2D eigenvalue weighted by molar-refractivity contribution is 6.00. The molecule has 0 unspecified atom stereocenters. The number of nitrogen functional groups attached to an aromatic ring is 1. The monoisotopic (exact) mass is 537 g/mol. The second-order valence-corrected chi connectivity index (χ2v) is 7.49. The van der Waals surface area contributed by atoms with Crippen LogP contribution in [-0.2, 0) is 9.59 Å². The quantitative estimate of drug-likeness (QED) is 0.119. The lowest BCUT2D eigenvalue weighted by molar-refractivity contribution is -0.385. The summed E-state index contributed by atoms with van der Waals surface area (Å²) in [6.07, 6.45) is 0. The zero-order valence-electron chi connectivity index (χ0n) is 21.2. The Bertz CT molecular complexity index is 1150. The van der Waals surface area contributed by atoms with Gasteiger partial charge in [-0.1, -0.05) is 19.1 Å². The first-order valence-corrected chi connectivity index (χ1v) is 10.8. The molecule has 0 bridgehead atoms. The van der Waals surface area contributed by atoms with Crippen molar-refractivity contribution in [2.24, 2.45) is 0 Å². The fourth-order valence-corrected chi connectivity index (χ4v) is 2.55. The number of carbonyl (C=O) groups is 4. The number of hydrogen-bond donors (Lipinski definition) is 6. The van der Waals surface area contributed by atoms with E-state index in [1.165, 1.54) is 44.4 Å². The van der Waals surface area contributed by atoms with Gasteiger partial charge >= 0.3 is 17.6 Å². The van der Waals surface area contributed by atoms with Crippen molar-refractivity contribution >= 4 is 35.1 Å². The largest absolute Gasteiger partial charge is 0.505 e. The van der Waals surface area contributed by atoms with Crippen LogP contribution in [0.2, 0.25) is 0 Å². The standard InChI is InChI=1S/C10H10N2O6.C10H12N2O4.C3H9N/c1-11(5-8(13)14)10(16)6-3-2-4-7(9(6)15)12(17)18;1-12(5-8(13)14)10(16)6-3-2-4-7(11)9(6)15;1-3-4-2/h2-4,15H,5H2,1H3,(H,13,14);2-4,15H,5,11H2,1H3,(H,13,14);4H,3H2,1-2H3. The average Bonchev–Trinajstić information content (AvgIpc) is 2.84. The summed E-state index contributed by atoms with van der Waals surface area (Å²) in [5.74, 6) is -4.85. The number of carbonyl (C=O) groups excluding carboxylic acids is 2. The Labute approximate surface area is 217 Å². The minimum absolute atomic E-state index is 0.0104. The molecule has 2 aromatic carbocycles. The molecule has 0 saturated carbocycles. The number of aliphatic carboxylic acids is 2. The molecule has 0 radical (unpaired) electrons. The van der Waals surface area contributed by atoms with Crippen LogP contribution in [0.3, 0.4) is 0 Å². The van der Waals surface area contributed by atoms with Gasteiger partial charge in [0.25, 0.3) is 11.8 Å². The van der Waals surface area contributed by atoms with Crippen LogP contribution in [0.1, 0.15) is 27.6 Å². The Kier molecular flexibility index (Phi) is 13.9. The fourth-order valence-electron chi connectivity index (χ4n) is 2.55. The first-order valence-electron chi connectivity index (χ1n) is 10.8. The molecule has 2 rings (SSSR count). The summed E-state index contributed by atoms with van der Waals surface area (Å²) >= 11 is 0. The van der Waals surface area contributed by atoms with E-state index in [9.17, 15) is 39.5 Å². The Hall–Kier alpha value is -4.92. The second kappa shape index (κ2) is 15.9. The third-order valence-corrected chi connectivity index (χ3v) is 4.53. The number of nitrogens with two attached hydrogens (primary N) is 1. The first-order chi connectivity index (χ1) is 17.7. The normalized spacial score (nSPS) is 9.58. The van der Waals surface area contributed by atoms with Crippen LogP contribution in [0, 0.1) is 10.1 Å². The summed E-state index contributed by atoms with van der Waals surface area (Å²) in [6.45, 7) is 2.13. The van der Waals surface area contributed by atoms with Crippen molar-refractivity contribution in [2.45, 2.75) is 6.92 Å². The number of nitro benzene ring substituents is 1. The van der Waals surface area contributed by atoms with E-state index in [4.69, 9.17) is 15.9 Å². The van der Waals surface area contributed by atoms with Crippen molar-refractivity contribution in [1.82, 2.24) is 15.1 Å². The topological polar surface area (TPSA) is 237 Å². The van der Waals surface area contributed by atoms with E-state index in [-0.39, 0.29) is 22.6 Å². The maximum atomic E-state index is 11.8. The third kappa shape index (κ3) is 10.4. The highest BCUT2D eigenvalue weighted by atomic mass is 16.6. The van der Waals surface area contributed by atoms with Gasteiger partial charge in [0.1, 0.15) is 13.1 Å². The van der Waals surface area contributed by atoms with E-state index in [0.717, 1.165) is 22.4 Å². The number of amides is 2. The van der Waals surface area contributed by atoms with E-state index >= 15 is 0 Å². The number of benzene rings is 2. The van der Waals surface area contributed by atoms with Crippen molar-refractivity contribution in [2.75, 3.05) is 46.5 Å². The number of nitro groups is 1. The highest BCUT2D eigenvalue weighted by Gasteiger charge is 2.24. The zero-order chi connectivity index (χ0) is 29.6. The number of phenolic OH excluding ortho intramolecular Hbond substituents is 2. The highest BCUT2D eigenvalue weighted by Crippen LogP contribution is 2.30. The Morgan fingerprint density at radius 2 is 1.29 bits per heavy atom. The number of rotatable bonds is 8. The van der Waals surface area contributed by atoms with Crippen LogP contribution in [0.25, 0.3) is 0 Å². The van der Waals surface area contributed by atoms with Gasteiger partial charge < -0.3 is 41.3 Å². The molecular weight excluding hydrogens is 506 g/mol. The second-order valence-electron chi connectivity index (χ2n) is 7.49. The molecule has 0 aliphatic carbocycles. The maximum absolute atomic E-state index is 11.8. The number of para-hydroxylation sites is 2. The summed E-state index contributed by atoms with van der Waals surface area (Å²) in [5, 5.41) is 49.7. The SMILES string of the molecule is CCNC.CN(CC(=O)O)C(=O)c1cccc(N)c1O.CN(CC(=O)O)C(=O)c1cccc([N+](=O)[O-])c1O. The van der Waals surface area contributed by atoms with Crippen molar-refractivity contribution in [3.8, 4) is 11.5 Å². The summed E-state index contributed by atoms with van der Waals surface area (Å²) < 4.78 is 0. The van der Waals surface area contributed by atoms with Crippen molar-refractivity contribution < 1.29 is 44.5 Å². The summed E-state index contributed by atoms with van der Waals surface area (Å²) in [5.41, 5.74) is 4.57. The van der Waals surface area contributed by atoms with Crippen LogP contribution < -0.4 is 11.1 Å². The lowest BCUT2D eigenvalue weighted by atomic mass is 10.1. The number of hydrogen-bond acceptors (Lipinski definition) is 10. The van der Waals surface area contributed by atoms with Gasteiger partial charge in [-0.2, -0.15) is 0 Å². The molecular formula is C23H31N5O10. The molecule has 0 heterocycles. The predicted octanol–water partition coefficient (Wildman–Crippen LogP) is 0.814. The van der Waals surface area contributed by atoms with Crippen LogP contribution >= 0.6 is 0 Å². The van der Waals surface area contributed by atoms with Gasteiger partial charge in [0.05, 0.1) is 21.7 Å². The van der Waals surface area contributed by atoms with Gasteiger partial charge in [0.2, 0.25) is 5.75 Å². The molecule has 0 aliphatic heterocycles. The summed E-state index contributed by atoms with van der Waals surface area (Å²) in [7, 11) is 4.48. The smallest absolute Gasteiger partial charge is 0.323 e. The molecule has 0 saturated heterocycles. The number of carboxylic acids is 2. The minimum Gasteiger partial charge on any atom is -0.505 e. The van der Waals surface area contributed by atoms with E-state index in [1.54, 1.807) is 0 Å². The first kappa shape index (κ1) is 33.1. The zero-order valence-corrected chi connectivity index (χ0v) is 21.2. The molecule has 0 spiro atoms. The fraction of sp³-hybridized carbons (Fsp3) is 0.304. The minimum atomic E-state index is -1.23. The van der Waals surface area contributed by atoms with E-state index in [0.29, 0.717) is 0 Å². The van der Waals surface area contributed by atoms with E-state index < -0.39 is 53.2 Å². The maximum Gasteiger partial charge on any atom is 0.323 e. The molecule has 0 fully saturated rings. The number of likely N-dealkylation sites (N-methyl/N-ethyl adjacent to an activating group) is 2. The molecule has 38 heavy (non-hydrogen) atoms. The number of nitrogens with one attached hydrogen (secondary N) is 1. The van der Waals surface area contributed by atoms with Gasteiger partial charge in [-0.05, 0) is 31.8 Å². The molecule has 0 aromatic heterocycles. The number of phenols is 2. The lowest BCUT2D eigenvalue weighted by Gasteiger charge is -2.15. The Morgan fingerprint density at radius 1 is 0.895 bits per heavy atom. The number of anilines is 1. The van der Waals surface area contributed by atoms with Crippen LogP contribution in [0.15, 0.2) is 36.4 Å². The van der Waals surface area contributed by atoms with Gasteiger partial charge in [0, 0.05) is 20.2 Å². The van der Waals surface area contributed by atoms with Gasteiger partial charge in [0.15, 0.2) is 5.75 Å². The summed E-state index contributed by atoms with van der Waals surface area (Å²) in [4.78, 5) is 55.9. The van der Waals surface area contributed by atoms with Crippen LogP contribution in [0.5, 0.6) is 11.5 Å². The van der Waals surface area contributed by atoms with Crippen molar-refractivity contribution in [1.29, 1.82) is 0 Å². The van der Waals surface area contributed by atoms with Crippen molar-refractivity contribution in [3.05, 3.63) is 57.6 Å². The Morgan fingerprint density at radius 3 is 1.66 bits per heavy atom. The number of nitrogens with zero attached hydrogens (tertiary/aromatic N) is 3. The number of aromatic hydroxyl groups is 2. The third-order valence-electron chi connectivity index (χ3n) is 4.53. The molecule has 2 amide bonds. The van der Waals surface area contributed by atoms with Crippen LogP contribution in [0.4, 0.5) is 11.4 Å². The van der Waals surface area contributed by atoms with Gasteiger partial charge in [-0.3, -0.25) is 29.3 Å². The average molecular weight is 538 g/mol. The number of carboxylic acid groups (broad SMARTS) is 2. The van der Waals surface area contributed by atoms with Crippen molar-refractivity contribution in [3.63, 3.8) is 0 Å². The van der Waals surface area contributed by atoms with Gasteiger partial charge in [-0.15, -0.1) is 0 Å². The molecule has 0 aliphatic rings. The molecule has 15 nitrogen and oxygen atoms in total. The van der Waals surface area contributed by atoms with E-state index in [2.05, 4.69) is 12.2 Å². The van der Waals surface area contributed by atoms with Gasteiger partial charge in [-0.25, -0.2) is 0 Å². The van der Waals surface area contributed by atoms with Crippen LogP contribution in [-0.4, -0.2) is 99.7 Å². The molecule has 15 heteroatoms. The molecule has 7 N–H and O–H groups in total.